The van der Waals surface area contributed by atoms with Gasteiger partial charge in [-0.3, -0.25) is 0 Å². The maximum Gasteiger partial charge on any atom is 0.0767 e. The Kier molecular flexibility index (Phi) is 2.05. The average Bonchev–Trinajstić information content (AvgIpc) is 2.49. The van der Waals surface area contributed by atoms with Crippen LogP contribution < -0.4 is 5.43 Å². The number of rotatable bonds is 1. The molecule has 0 bridgehead atoms. The molecule has 0 amide bonds. The fourth-order valence-electron chi connectivity index (χ4n) is 1.65. The molecule has 1 N–H and O–H groups in total. The molecule has 2 atom stereocenters. The summed E-state index contributed by atoms with van der Waals surface area (Å²) >= 11 is 0. The van der Waals surface area contributed by atoms with Crippen molar-refractivity contribution in [3.63, 3.8) is 0 Å². The van der Waals surface area contributed by atoms with E-state index in [1.165, 1.54) is 11.3 Å². The van der Waals surface area contributed by atoms with Crippen molar-refractivity contribution >= 4 is 5.71 Å². The van der Waals surface area contributed by atoms with Gasteiger partial charge in [0.15, 0.2) is 0 Å². The van der Waals surface area contributed by atoms with Crippen LogP contribution in [-0.2, 0) is 0 Å². The van der Waals surface area contributed by atoms with Crippen LogP contribution in [0.4, 0.5) is 0 Å². The molecular formula is C11H14N2. The lowest BCUT2D eigenvalue weighted by Crippen LogP contribution is -2.17. The summed E-state index contributed by atoms with van der Waals surface area (Å²) in [6, 6.07) is 10.8. The molecule has 2 rings (SSSR count). The minimum Gasteiger partial charge on any atom is -0.302 e. The minimum atomic E-state index is 0.362. The molecule has 0 spiro atoms. The van der Waals surface area contributed by atoms with Gasteiger partial charge in [0.05, 0.1) is 6.04 Å². The highest BCUT2D eigenvalue weighted by Gasteiger charge is 2.25. The predicted molar refractivity (Wildman–Crippen MR) is 54.6 cm³/mol. The molecule has 0 saturated carbocycles. The summed E-state index contributed by atoms with van der Waals surface area (Å²) < 4.78 is 0. The van der Waals surface area contributed by atoms with Crippen LogP contribution in [-0.4, -0.2) is 5.71 Å². The molecule has 68 valence electrons. The van der Waals surface area contributed by atoms with Gasteiger partial charge in [-0.05, 0) is 12.5 Å². The van der Waals surface area contributed by atoms with E-state index in [4.69, 9.17) is 0 Å². The Morgan fingerprint density at radius 1 is 1.23 bits per heavy atom. The maximum atomic E-state index is 4.24. The first-order valence-corrected chi connectivity index (χ1v) is 4.63. The molecule has 2 heteroatoms. The van der Waals surface area contributed by atoms with Crippen LogP contribution in [0.5, 0.6) is 0 Å². The van der Waals surface area contributed by atoms with E-state index < -0.39 is 0 Å². The summed E-state index contributed by atoms with van der Waals surface area (Å²) in [5.41, 5.74) is 5.66. The fraction of sp³-hybridized carbons (Fsp3) is 0.364. The van der Waals surface area contributed by atoms with Crippen LogP contribution in [0.15, 0.2) is 35.4 Å². The normalized spacial score (nSPS) is 26.8. The van der Waals surface area contributed by atoms with E-state index in [1.54, 1.807) is 0 Å². The third-order valence-electron chi connectivity index (χ3n) is 2.70. The first kappa shape index (κ1) is 8.30. The largest absolute Gasteiger partial charge is 0.302 e. The molecule has 1 aromatic carbocycles. The number of hydrogen-bond acceptors (Lipinski definition) is 2. The van der Waals surface area contributed by atoms with Gasteiger partial charge in [0.1, 0.15) is 0 Å². The Hall–Kier alpha value is -1.31. The molecule has 13 heavy (non-hydrogen) atoms. The quantitative estimate of drug-likeness (QED) is 0.694. The van der Waals surface area contributed by atoms with Gasteiger partial charge in [0.25, 0.3) is 0 Å². The number of hydrogen-bond donors (Lipinski definition) is 1. The van der Waals surface area contributed by atoms with Crippen molar-refractivity contribution in [2.45, 2.75) is 19.9 Å². The lowest BCUT2D eigenvalue weighted by molar-refractivity contribution is 0.525. The van der Waals surface area contributed by atoms with E-state index in [0.717, 1.165) is 0 Å². The summed E-state index contributed by atoms with van der Waals surface area (Å²) in [6.07, 6.45) is 0. The second kappa shape index (κ2) is 3.21. The summed E-state index contributed by atoms with van der Waals surface area (Å²) in [5, 5.41) is 4.24. The van der Waals surface area contributed by atoms with Gasteiger partial charge in [-0.15, -0.1) is 0 Å². The molecule has 0 aliphatic carbocycles. The van der Waals surface area contributed by atoms with Crippen molar-refractivity contribution in [1.29, 1.82) is 0 Å². The van der Waals surface area contributed by atoms with E-state index in [0.29, 0.717) is 12.0 Å². The van der Waals surface area contributed by atoms with Gasteiger partial charge < -0.3 is 5.43 Å². The Morgan fingerprint density at radius 3 is 2.46 bits per heavy atom. The van der Waals surface area contributed by atoms with E-state index >= 15 is 0 Å². The van der Waals surface area contributed by atoms with Crippen molar-refractivity contribution in [3.05, 3.63) is 35.9 Å². The van der Waals surface area contributed by atoms with E-state index in [-0.39, 0.29) is 0 Å². The molecule has 2 nitrogen and oxygen atoms in total. The van der Waals surface area contributed by atoms with Crippen LogP contribution in [0.25, 0.3) is 0 Å². The van der Waals surface area contributed by atoms with Crippen LogP contribution in [0.1, 0.15) is 25.5 Å². The summed E-state index contributed by atoms with van der Waals surface area (Å²) in [7, 11) is 0. The third-order valence-corrected chi connectivity index (χ3v) is 2.70. The molecule has 0 aromatic heterocycles. The Bertz CT molecular complexity index is 316. The Labute approximate surface area is 78.7 Å². The molecular weight excluding hydrogens is 160 g/mol. The van der Waals surface area contributed by atoms with Crippen molar-refractivity contribution in [2.75, 3.05) is 0 Å². The van der Waals surface area contributed by atoms with Crippen molar-refractivity contribution in [2.24, 2.45) is 11.0 Å². The van der Waals surface area contributed by atoms with E-state index in [2.05, 4.69) is 48.6 Å². The van der Waals surface area contributed by atoms with Gasteiger partial charge in [0.2, 0.25) is 0 Å². The number of nitrogens with one attached hydrogen (secondary N) is 1. The second-order valence-electron chi connectivity index (χ2n) is 3.56. The van der Waals surface area contributed by atoms with Crippen molar-refractivity contribution < 1.29 is 0 Å². The number of nitrogens with zero attached hydrogens (tertiary/aromatic N) is 1. The van der Waals surface area contributed by atoms with Gasteiger partial charge >= 0.3 is 0 Å². The monoisotopic (exact) mass is 174 g/mol. The Balaban J connectivity index is 2.22. The summed E-state index contributed by atoms with van der Waals surface area (Å²) in [4.78, 5) is 0. The lowest BCUT2D eigenvalue weighted by Gasteiger charge is -2.15. The molecule has 0 fully saturated rings. The minimum absolute atomic E-state index is 0.362. The second-order valence-corrected chi connectivity index (χ2v) is 3.56. The summed E-state index contributed by atoms with van der Waals surface area (Å²) in [6.45, 7) is 4.27. The molecule has 0 saturated heterocycles. The van der Waals surface area contributed by atoms with Crippen molar-refractivity contribution in [1.82, 2.24) is 5.43 Å². The SMILES string of the molecule is CC1=NNC(c2ccccc2)C1C. The molecule has 0 radical (unpaired) electrons. The first-order valence-electron chi connectivity index (χ1n) is 4.63. The highest BCUT2D eigenvalue weighted by atomic mass is 15.3. The standard InChI is InChI=1S/C11H14N2/c1-8-9(2)12-13-11(8)10-6-4-3-5-7-10/h3-8,11,13H,1-2H3. The Morgan fingerprint density at radius 2 is 1.92 bits per heavy atom. The van der Waals surface area contributed by atoms with E-state index in [9.17, 15) is 0 Å². The van der Waals surface area contributed by atoms with Crippen molar-refractivity contribution in [3.8, 4) is 0 Å². The molecule has 1 heterocycles. The van der Waals surface area contributed by atoms with Crippen LogP contribution in [0.3, 0.4) is 0 Å². The van der Waals surface area contributed by atoms with Gasteiger partial charge in [-0.1, -0.05) is 37.3 Å². The van der Waals surface area contributed by atoms with Crippen LogP contribution in [0.2, 0.25) is 0 Å². The fourth-order valence-corrected chi connectivity index (χ4v) is 1.65. The molecule has 1 aliphatic heterocycles. The zero-order valence-electron chi connectivity index (χ0n) is 7.99. The van der Waals surface area contributed by atoms with E-state index in [1.807, 2.05) is 6.07 Å². The molecule has 2 unspecified atom stereocenters. The molecule has 1 aliphatic rings. The first-order chi connectivity index (χ1) is 6.29. The summed E-state index contributed by atoms with van der Waals surface area (Å²) in [5.74, 6) is 0.502. The highest BCUT2D eigenvalue weighted by molar-refractivity contribution is 5.86. The maximum absolute atomic E-state index is 4.24. The van der Waals surface area contributed by atoms with Crippen LogP contribution in [0, 0.1) is 5.92 Å². The average molecular weight is 174 g/mol. The highest BCUT2D eigenvalue weighted by Crippen LogP contribution is 2.26. The predicted octanol–water partition coefficient (Wildman–Crippen LogP) is 2.34. The smallest absolute Gasteiger partial charge is 0.0767 e. The zero-order valence-corrected chi connectivity index (χ0v) is 7.99. The number of benzene rings is 1. The van der Waals surface area contributed by atoms with Crippen LogP contribution >= 0.6 is 0 Å². The lowest BCUT2D eigenvalue weighted by atomic mass is 9.93. The topological polar surface area (TPSA) is 24.4 Å². The van der Waals surface area contributed by atoms with Gasteiger partial charge in [-0.2, -0.15) is 5.10 Å². The zero-order chi connectivity index (χ0) is 9.26. The number of hydrazone groups is 1. The molecule has 1 aromatic rings. The third kappa shape index (κ3) is 1.44. The van der Waals surface area contributed by atoms with Gasteiger partial charge in [-0.25, -0.2) is 0 Å². The van der Waals surface area contributed by atoms with Gasteiger partial charge in [0, 0.05) is 11.6 Å².